The lowest BCUT2D eigenvalue weighted by atomic mass is 10.1. The van der Waals surface area contributed by atoms with Gasteiger partial charge in [0, 0.05) is 6.08 Å². The molecule has 0 fully saturated rings. The van der Waals surface area contributed by atoms with Gasteiger partial charge in [0.1, 0.15) is 6.10 Å². The smallest absolute Gasteiger partial charge is 0.435 e. The van der Waals surface area contributed by atoms with Crippen LogP contribution < -0.4 is 0 Å². The molecule has 0 aromatic heterocycles. The van der Waals surface area contributed by atoms with E-state index in [0.717, 1.165) is 5.56 Å². The molecule has 0 N–H and O–H groups in total. The Labute approximate surface area is 100 Å². The van der Waals surface area contributed by atoms with Crippen molar-refractivity contribution < 1.29 is 14.3 Å². The summed E-state index contributed by atoms with van der Waals surface area (Å²) in [6.07, 6.45) is 1.43. The van der Waals surface area contributed by atoms with Crippen LogP contribution in [0, 0.1) is 11.3 Å². The molecule has 4 nitrogen and oxygen atoms in total. The summed E-state index contributed by atoms with van der Waals surface area (Å²) in [7, 11) is 0. The summed E-state index contributed by atoms with van der Waals surface area (Å²) in [5.74, 6) is 0. The summed E-state index contributed by atoms with van der Waals surface area (Å²) in [6.45, 7) is 1.95. The molecule has 0 saturated heterocycles. The Balaban J connectivity index is 2.79. The molecule has 0 aliphatic rings. The third kappa shape index (κ3) is 4.39. The SMILES string of the molecule is CCOC(=O)O[C@@H](/C=C/C#N)c1ccccc1. The zero-order valence-electron chi connectivity index (χ0n) is 9.50. The van der Waals surface area contributed by atoms with Crippen molar-refractivity contribution in [3.63, 3.8) is 0 Å². The number of ether oxygens (including phenoxy) is 2. The molecule has 17 heavy (non-hydrogen) atoms. The lowest BCUT2D eigenvalue weighted by Crippen LogP contribution is -2.11. The van der Waals surface area contributed by atoms with Crippen LogP contribution in [0.4, 0.5) is 4.79 Å². The van der Waals surface area contributed by atoms with Gasteiger partial charge >= 0.3 is 6.16 Å². The molecule has 0 radical (unpaired) electrons. The fourth-order valence-electron chi connectivity index (χ4n) is 1.25. The van der Waals surface area contributed by atoms with Crippen molar-refractivity contribution in [3.8, 4) is 6.07 Å². The topological polar surface area (TPSA) is 59.3 Å². The van der Waals surface area contributed by atoms with Gasteiger partial charge in [-0.1, -0.05) is 30.3 Å². The van der Waals surface area contributed by atoms with Gasteiger partial charge in [0.05, 0.1) is 12.7 Å². The average molecular weight is 231 g/mol. The fraction of sp³-hybridized carbons (Fsp3) is 0.231. The Hall–Kier alpha value is -2.28. The van der Waals surface area contributed by atoms with Crippen LogP contribution >= 0.6 is 0 Å². The molecule has 1 aromatic rings. The van der Waals surface area contributed by atoms with Crippen LogP contribution in [-0.2, 0) is 9.47 Å². The van der Waals surface area contributed by atoms with E-state index in [1.807, 2.05) is 36.4 Å². The first kappa shape index (κ1) is 12.8. The largest absolute Gasteiger partial charge is 0.509 e. The zero-order valence-corrected chi connectivity index (χ0v) is 9.50. The normalized spacial score (nSPS) is 11.8. The van der Waals surface area contributed by atoms with Crippen molar-refractivity contribution in [2.24, 2.45) is 0 Å². The molecule has 0 spiro atoms. The summed E-state index contributed by atoms with van der Waals surface area (Å²) in [5.41, 5.74) is 0.784. The lowest BCUT2D eigenvalue weighted by molar-refractivity contribution is 0.0401. The predicted octanol–water partition coefficient (Wildman–Crippen LogP) is 2.98. The summed E-state index contributed by atoms with van der Waals surface area (Å²) >= 11 is 0. The van der Waals surface area contributed by atoms with Gasteiger partial charge in [-0.2, -0.15) is 5.26 Å². The summed E-state index contributed by atoms with van der Waals surface area (Å²) in [5, 5.41) is 8.49. The number of hydrogen-bond acceptors (Lipinski definition) is 4. The third-order valence-corrected chi connectivity index (χ3v) is 1.96. The highest BCUT2D eigenvalue weighted by atomic mass is 16.7. The van der Waals surface area contributed by atoms with Crippen LogP contribution in [0.2, 0.25) is 0 Å². The standard InChI is InChI=1S/C13H13NO3/c1-2-16-13(15)17-12(9-6-10-14)11-7-4-3-5-8-11/h3-9,12H,2H2,1H3/b9-6+/t12-/m0/s1. The maximum absolute atomic E-state index is 11.2. The highest BCUT2D eigenvalue weighted by Crippen LogP contribution is 2.19. The quantitative estimate of drug-likeness (QED) is 0.590. The molecule has 88 valence electrons. The number of hydrogen-bond donors (Lipinski definition) is 0. The van der Waals surface area contributed by atoms with Crippen molar-refractivity contribution in [1.29, 1.82) is 5.26 Å². The molecule has 0 aliphatic carbocycles. The molecule has 1 aromatic carbocycles. The number of carbonyl (C=O) groups excluding carboxylic acids is 1. The Morgan fingerprint density at radius 1 is 1.47 bits per heavy atom. The van der Waals surface area contributed by atoms with Crippen LogP contribution in [0.1, 0.15) is 18.6 Å². The molecule has 0 amide bonds. The molecule has 1 atom stereocenters. The number of rotatable bonds is 4. The van der Waals surface area contributed by atoms with Gasteiger partial charge in [-0.15, -0.1) is 0 Å². The number of nitriles is 1. The van der Waals surface area contributed by atoms with Crippen molar-refractivity contribution >= 4 is 6.16 Å². The number of carbonyl (C=O) groups is 1. The summed E-state index contributed by atoms with van der Waals surface area (Å²) < 4.78 is 9.78. The molecule has 4 heteroatoms. The molecule has 0 heterocycles. The number of benzene rings is 1. The number of allylic oxidation sites excluding steroid dienone is 1. The first-order valence-corrected chi connectivity index (χ1v) is 5.22. The van der Waals surface area contributed by atoms with Crippen LogP contribution in [-0.4, -0.2) is 12.8 Å². The molecule has 0 saturated carbocycles. The molecular formula is C13H13NO3. The Kier molecular flexibility index (Phi) is 5.32. The predicted molar refractivity (Wildman–Crippen MR) is 62.0 cm³/mol. The van der Waals surface area contributed by atoms with Gasteiger partial charge in [0.25, 0.3) is 0 Å². The Bertz CT molecular complexity index is 420. The Morgan fingerprint density at radius 2 is 2.18 bits per heavy atom. The van der Waals surface area contributed by atoms with Crippen LogP contribution in [0.25, 0.3) is 0 Å². The monoisotopic (exact) mass is 231 g/mol. The van der Waals surface area contributed by atoms with E-state index < -0.39 is 12.3 Å². The number of nitrogens with zero attached hydrogens (tertiary/aromatic N) is 1. The second kappa shape index (κ2) is 7.07. The third-order valence-electron chi connectivity index (χ3n) is 1.96. The van der Waals surface area contributed by atoms with Gasteiger partial charge in [0.15, 0.2) is 0 Å². The van der Waals surface area contributed by atoms with Crippen molar-refractivity contribution in [2.75, 3.05) is 6.61 Å². The maximum atomic E-state index is 11.2. The van der Waals surface area contributed by atoms with Gasteiger partial charge in [-0.05, 0) is 18.6 Å². The molecule has 0 aliphatic heterocycles. The van der Waals surface area contributed by atoms with Gasteiger partial charge in [-0.25, -0.2) is 4.79 Å². The highest BCUT2D eigenvalue weighted by Gasteiger charge is 2.13. The first-order valence-electron chi connectivity index (χ1n) is 5.22. The van der Waals surface area contributed by atoms with Gasteiger partial charge in [-0.3, -0.25) is 0 Å². The van der Waals surface area contributed by atoms with E-state index in [0.29, 0.717) is 0 Å². The first-order chi connectivity index (χ1) is 8.27. The van der Waals surface area contributed by atoms with Gasteiger partial charge in [0.2, 0.25) is 0 Å². The van der Waals surface area contributed by atoms with Crippen LogP contribution in [0.15, 0.2) is 42.5 Å². The van der Waals surface area contributed by atoms with E-state index >= 15 is 0 Å². The summed E-state index contributed by atoms with van der Waals surface area (Å²) in [6, 6.07) is 11.0. The van der Waals surface area contributed by atoms with Crippen molar-refractivity contribution in [2.45, 2.75) is 13.0 Å². The van der Waals surface area contributed by atoms with Crippen LogP contribution in [0.3, 0.4) is 0 Å². The second-order valence-corrected chi connectivity index (χ2v) is 3.12. The van der Waals surface area contributed by atoms with E-state index in [-0.39, 0.29) is 6.61 Å². The van der Waals surface area contributed by atoms with E-state index in [4.69, 9.17) is 14.7 Å². The maximum Gasteiger partial charge on any atom is 0.509 e. The van der Waals surface area contributed by atoms with E-state index in [2.05, 4.69) is 0 Å². The molecule has 0 unspecified atom stereocenters. The minimum Gasteiger partial charge on any atom is -0.435 e. The molecule has 1 rings (SSSR count). The van der Waals surface area contributed by atoms with Crippen molar-refractivity contribution in [1.82, 2.24) is 0 Å². The van der Waals surface area contributed by atoms with E-state index in [9.17, 15) is 4.79 Å². The molecule has 0 bridgehead atoms. The minimum absolute atomic E-state index is 0.252. The lowest BCUT2D eigenvalue weighted by Gasteiger charge is -2.13. The molecular weight excluding hydrogens is 218 g/mol. The van der Waals surface area contributed by atoms with Crippen LogP contribution in [0.5, 0.6) is 0 Å². The zero-order chi connectivity index (χ0) is 12.5. The van der Waals surface area contributed by atoms with Gasteiger partial charge < -0.3 is 9.47 Å². The Morgan fingerprint density at radius 3 is 2.76 bits per heavy atom. The minimum atomic E-state index is -0.746. The van der Waals surface area contributed by atoms with E-state index in [1.54, 1.807) is 6.92 Å². The summed E-state index contributed by atoms with van der Waals surface area (Å²) in [4.78, 5) is 11.2. The van der Waals surface area contributed by atoms with E-state index in [1.165, 1.54) is 12.2 Å². The fourth-order valence-corrected chi connectivity index (χ4v) is 1.25. The van der Waals surface area contributed by atoms with Crippen molar-refractivity contribution in [3.05, 3.63) is 48.0 Å². The second-order valence-electron chi connectivity index (χ2n) is 3.12. The average Bonchev–Trinajstić information content (AvgIpc) is 2.36. The highest BCUT2D eigenvalue weighted by molar-refractivity contribution is 5.60.